The molecule has 74 valence electrons. The quantitative estimate of drug-likeness (QED) is 0.588. The van der Waals surface area contributed by atoms with E-state index < -0.39 is 0 Å². The monoisotopic (exact) mass is 187 g/mol. The highest BCUT2D eigenvalue weighted by Gasteiger charge is 2.02. The van der Waals surface area contributed by atoms with Gasteiger partial charge in [0.1, 0.15) is 0 Å². The van der Waals surface area contributed by atoms with Gasteiger partial charge < -0.3 is 0 Å². The van der Waals surface area contributed by atoms with Crippen LogP contribution in [0.2, 0.25) is 0 Å². The summed E-state index contributed by atoms with van der Waals surface area (Å²) in [6.07, 6.45) is 4.88. The van der Waals surface area contributed by atoms with Crippen LogP contribution in [0.5, 0.6) is 0 Å². The van der Waals surface area contributed by atoms with E-state index in [9.17, 15) is 0 Å². The predicted octanol–water partition coefficient (Wildman–Crippen LogP) is 3.59. The van der Waals surface area contributed by atoms with Gasteiger partial charge in [-0.1, -0.05) is 43.7 Å². The molecule has 1 aromatic carbocycles. The summed E-state index contributed by atoms with van der Waals surface area (Å²) < 4.78 is 0. The molecule has 1 aromatic rings. The molecule has 1 aliphatic heterocycles. The molecule has 0 radical (unpaired) electrons. The van der Waals surface area contributed by atoms with E-state index in [1.807, 2.05) is 32.3 Å². The molecule has 0 atom stereocenters. The number of fused-ring (bicyclic) bond motifs is 1. The first-order chi connectivity index (χ1) is 6.86. The van der Waals surface area contributed by atoms with Crippen molar-refractivity contribution in [2.24, 2.45) is 4.99 Å². The maximum Gasteiger partial charge on any atom is 0.0343 e. The Kier molecular flexibility index (Phi) is 4.11. The first kappa shape index (κ1) is 10.7. The van der Waals surface area contributed by atoms with E-state index >= 15 is 0 Å². The topological polar surface area (TPSA) is 12.4 Å². The number of nitrogens with zero attached hydrogens (tertiary/aromatic N) is 1. The predicted molar refractivity (Wildman–Crippen MR) is 62.8 cm³/mol. The van der Waals surface area contributed by atoms with Gasteiger partial charge in [0, 0.05) is 12.4 Å². The lowest BCUT2D eigenvalue weighted by Crippen LogP contribution is -1.90. The first-order valence-electron chi connectivity index (χ1n) is 5.13. The van der Waals surface area contributed by atoms with Crippen molar-refractivity contribution in [2.75, 3.05) is 0 Å². The van der Waals surface area contributed by atoms with Crippen molar-refractivity contribution in [3.05, 3.63) is 47.2 Å². The van der Waals surface area contributed by atoms with Crippen molar-refractivity contribution < 1.29 is 0 Å². The zero-order valence-electron chi connectivity index (χ0n) is 9.12. The number of hydrogen-bond donors (Lipinski definition) is 0. The van der Waals surface area contributed by atoms with Gasteiger partial charge in [0.25, 0.3) is 0 Å². The molecule has 0 unspecified atom stereocenters. The molecule has 0 fully saturated rings. The van der Waals surface area contributed by atoms with Crippen LogP contribution in [0.4, 0.5) is 0 Å². The Bertz CT molecular complexity index is 348. The van der Waals surface area contributed by atoms with Crippen LogP contribution >= 0.6 is 0 Å². The lowest BCUT2D eigenvalue weighted by atomic mass is 10.0. The molecule has 0 spiro atoms. The molecule has 0 N–H and O–H groups in total. The number of rotatable bonds is 0. The van der Waals surface area contributed by atoms with Crippen LogP contribution in [-0.2, 0) is 6.42 Å². The number of aliphatic imine (C=N–C) groups is 1. The third-order valence-corrected chi connectivity index (χ3v) is 2.03. The van der Waals surface area contributed by atoms with Crippen LogP contribution in [0.1, 0.15) is 31.9 Å². The standard InChI is InChI=1S/C11H11N.C2H6/c1-9-6-10-4-2-3-5-11(10)8-12-7-9;1-2/h2-5,7-8H,6H2,1H3;1-2H3. The van der Waals surface area contributed by atoms with Crippen LogP contribution < -0.4 is 0 Å². The Morgan fingerprint density at radius 3 is 2.64 bits per heavy atom. The molecule has 14 heavy (non-hydrogen) atoms. The number of hydrogen-bond acceptors (Lipinski definition) is 1. The van der Waals surface area contributed by atoms with Crippen molar-refractivity contribution >= 4 is 6.21 Å². The second-order valence-corrected chi connectivity index (χ2v) is 3.13. The average Bonchev–Trinajstić information content (AvgIpc) is 2.41. The fourth-order valence-corrected chi connectivity index (χ4v) is 1.41. The largest absolute Gasteiger partial charge is 0.264 e. The van der Waals surface area contributed by atoms with Crippen molar-refractivity contribution in [1.82, 2.24) is 0 Å². The minimum atomic E-state index is 1.02. The molecule has 0 amide bonds. The van der Waals surface area contributed by atoms with Crippen molar-refractivity contribution in [3.63, 3.8) is 0 Å². The molecule has 0 aliphatic carbocycles. The molecule has 0 bridgehead atoms. The molecule has 1 heterocycles. The summed E-state index contributed by atoms with van der Waals surface area (Å²) >= 11 is 0. The second-order valence-electron chi connectivity index (χ2n) is 3.13. The van der Waals surface area contributed by atoms with Gasteiger partial charge in [-0.25, -0.2) is 0 Å². The number of benzene rings is 1. The van der Waals surface area contributed by atoms with Crippen molar-refractivity contribution in [3.8, 4) is 0 Å². The molecule has 2 rings (SSSR count). The van der Waals surface area contributed by atoms with Gasteiger partial charge in [0.15, 0.2) is 0 Å². The lowest BCUT2D eigenvalue weighted by Gasteiger charge is -2.01. The summed E-state index contributed by atoms with van der Waals surface area (Å²) in [6, 6.07) is 8.38. The highest BCUT2D eigenvalue weighted by atomic mass is 14.7. The normalized spacial score (nSPS) is 13.2. The minimum absolute atomic E-state index is 1.02. The van der Waals surface area contributed by atoms with Crippen LogP contribution in [0, 0.1) is 0 Å². The van der Waals surface area contributed by atoms with Crippen molar-refractivity contribution in [2.45, 2.75) is 27.2 Å². The minimum Gasteiger partial charge on any atom is -0.264 e. The molecular weight excluding hydrogens is 170 g/mol. The number of allylic oxidation sites excluding steroid dienone is 1. The lowest BCUT2D eigenvalue weighted by molar-refractivity contribution is 1.14. The van der Waals surface area contributed by atoms with E-state index in [1.54, 1.807) is 0 Å². The average molecular weight is 187 g/mol. The summed E-state index contributed by atoms with van der Waals surface area (Å²) in [7, 11) is 0. The molecule has 1 nitrogen and oxygen atoms in total. The van der Waals surface area contributed by atoms with Gasteiger partial charge >= 0.3 is 0 Å². The molecular formula is C13H17N. The zero-order valence-corrected chi connectivity index (χ0v) is 9.12. The summed E-state index contributed by atoms with van der Waals surface area (Å²) in [4.78, 5) is 4.21. The molecule has 0 saturated carbocycles. The highest BCUT2D eigenvalue weighted by molar-refractivity contribution is 5.82. The fraction of sp³-hybridized carbons (Fsp3) is 0.308. The second kappa shape index (κ2) is 5.38. The van der Waals surface area contributed by atoms with Gasteiger partial charge in [-0.3, -0.25) is 4.99 Å². The van der Waals surface area contributed by atoms with E-state index in [4.69, 9.17) is 0 Å². The highest BCUT2D eigenvalue weighted by Crippen LogP contribution is 2.14. The van der Waals surface area contributed by atoms with Crippen molar-refractivity contribution in [1.29, 1.82) is 0 Å². The van der Waals surface area contributed by atoms with E-state index in [2.05, 4.69) is 30.1 Å². The maximum atomic E-state index is 4.21. The molecule has 1 aliphatic rings. The summed E-state index contributed by atoms with van der Waals surface area (Å²) in [5, 5.41) is 0. The smallest absolute Gasteiger partial charge is 0.0343 e. The van der Waals surface area contributed by atoms with E-state index in [1.165, 1.54) is 16.7 Å². The van der Waals surface area contributed by atoms with Gasteiger partial charge in [-0.05, 0) is 24.5 Å². The van der Waals surface area contributed by atoms with Gasteiger partial charge in [-0.15, -0.1) is 0 Å². The summed E-state index contributed by atoms with van der Waals surface area (Å²) in [5.74, 6) is 0. The molecule has 1 heteroatoms. The summed E-state index contributed by atoms with van der Waals surface area (Å²) in [5.41, 5.74) is 3.93. The zero-order chi connectivity index (χ0) is 10.4. The Balaban J connectivity index is 0.000000461. The Morgan fingerprint density at radius 2 is 1.86 bits per heavy atom. The maximum absolute atomic E-state index is 4.21. The van der Waals surface area contributed by atoms with Crippen LogP contribution in [0.3, 0.4) is 0 Å². The Hall–Kier alpha value is -1.37. The Labute approximate surface area is 86.2 Å². The molecule has 0 saturated heterocycles. The molecule has 0 aromatic heterocycles. The van der Waals surface area contributed by atoms with Crippen LogP contribution in [0.15, 0.2) is 41.0 Å². The van der Waals surface area contributed by atoms with Gasteiger partial charge in [-0.2, -0.15) is 0 Å². The first-order valence-corrected chi connectivity index (χ1v) is 5.13. The van der Waals surface area contributed by atoms with E-state index in [0.29, 0.717) is 0 Å². The third kappa shape index (κ3) is 2.56. The van der Waals surface area contributed by atoms with Gasteiger partial charge in [0.2, 0.25) is 0 Å². The third-order valence-electron chi connectivity index (χ3n) is 2.03. The van der Waals surface area contributed by atoms with Gasteiger partial charge in [0.05, 0.1) is 0 Å². The fourth-order valence-electron chi connectivity index (χ4n) is 1.41. The van der Waals surface area contributed by atoms with E-state index in [-0.39, 0.29) is 0 Å². The van der Waals surface area contributed by atoms with E-state index in [0.717, 1.165) is 6.42 Å². The van der Waals surface area contributed by atoms with Crippen LogP contribution in [-0.4, -0.2) is 6.21 Å². The summed E-state index contributed by atoms with van der Waals surface area (Å²) in [6.45, 7) is 6.11. The SMILES string of the molecule is CC.CC1=CN=Cc2ccccc2C1. The Morgan fingerprint density at radius 1 is 1.14 bits per heavy atom. The van der Waals surface area contributed by atoms with Crippen LogP contribution in [0.25, 0.3) is 0 Å².